The monoisotopic (exact) mass is 350 g/mol. The summed E-state index contributed by atoms with van der Waals surface area (Å²) in [5.74, 6) is -2.20. The number of H-pyrrole nitrogens is 1. The zero-order valence-corrected chi connectivity index (χ0v) is 14.5. The first-order valence-electron chi connectivity index (χ1n) is 7.96. The van der Waals surface area contributed by atoms with Crippen molar-refractivity contribution in [1.82, 2.24) is 10.3 Å². The molecule has 0 aromatic carbocycles. The number of pyridine rings is 1. The molecular weight excluding hydrogens is 328 g/mol. The lowest BCUT2D eigenvalue weighted by Crippen LogP contribution is -2.43. The summed E-state index contributed by atoms with van der Waals surface area (Å²) in [6, 6.07) is 0.0774. The summed E-state index contributed by atoms with van der Waals surface area (Å²) in [6.07, 6.45) is 0.906. The highest BCUT2D eigenvalue weighted by Gasteiger charge is 2.33. The first-order chi connectivity index (χ1) is 11.6. The van der Waals surface area contributed by atoms with Crippen LogP contribution in [0.4, 0.5) is 0 Å². The van der Waals surface area contributed by atoms with Crippen LogP contribution in [0.1, 0.15) is 53.1 Å². The maximum atomic E-state index is 12.3. The van der Waals surface area contributed by atoms with E-state index in [4.69, 9.17) is 9.84 Å². The molecule has 136 valence electrons. The third-order valence-corrected chi connectivity index (χ3v) is 4.18. The number of fused-ring (bicyclic) bond motifs is 1. The molecule has 0 aliphatic heterocycles. The van der Waals surface area contributed by atoms with Gasteiger partial charge in [0, 0.05) is 37.8 Å². The van der Waals surface area contributed by atoms with Gasteiger partial charge in [-0.3, -0.25) is 14.4 Å². The van der Waals surface area contributed by atoms with Gasteiger partial charge in [-0.15, -0.1) is 0 Å². The molecule has 0 saturated carbocycles. The molecule has 0 spiro atoms. The van der Waals surface area contributed by atoms with Crippen LogP contribution in [0.2, 0.25) is 0 Å². The summed E-state index contributed by atoms with van der Waals surface area (Å²) < 4.78 is 4.81. The van der Waals surface area contributed by atoms with Crippen molar-refractivity contribution in [2.45, 2.75) is 39.2 Å². The molecule has 0 radical (unpaired) electrons. The highest BCUT2D eigenvalue weighted by atomic mass is 16.5. The fourth-order valence-corrected chi connectivity index (χ4v) is 2.93. The smallest absolute Gasteiger partial charge is 0.326 e. The molecule has 8 heteroatoms. The van der Waals surface area contributed by atoms with Crippen molar-refractivity contribution < 1.29 is 24.2 Å². The Kier molecular flexibility index (Phi) is 5.42. The van der Waals surface area contributed by atoms with Crippen LogP contribution >= 0.6 is 0 Å². The SMILES string of the molecule is COCCC(NC(=O)c1cc2c([nH]c1=O)CC(C)(C)CC2=O)C(=O)O. The number of aliphatic carboxylic acids is 1. The van der Waals surface area contributed by atoms with Crippen LogP contribution in [0.3, 0.4) is 0 Å². The molecule has 0 saturated heterocycles. The van der Waals surface area contributed by atoms with Gasteiger partial charge in [-0.2, -0.15) is 0 Å². The lowest BCUT2D eigenvalue weighted by atomic mass is 9.75. The molecule has 1 aliphatic rings. The van der Waals surface area contributed by atoms with Gasteiger partial charge >= 0.3 is 5.97 Å². The van der Waals surface area contributed by atoms with Crippen LogP contribution < -0.4 is 10.9 Å². The predicted molar refractivity (Wildman–Crippen MR) is 88.9 cm³/mol. The second-order valence-corrected chi connectivity index (χ2v) is 6.99. The van der Waals surface area contributed by atoms with E-state index >= 15 is 0 Å². The number of carbonyl (C=O) groups is 3. The topological polar surface area (TPSA) is 126 Å². The number of hydrogen-bond acceptors (Lipinski definition) is 5. The molecule has 3 N–H and O–H groups in total. The predicted octanol–water partition coefficient (Wildman–Crippen LogP) is 0.750. The number of nitrogens with one attached hydrogen (secondary N) is 2. The first-order valence-corrected chi connectivity index (χ1v) is 7.96. The molecule has 0 fully saturated rings. The molecule has 2 rings (SSSR count). The average molecular weight is 350 g/mol. The van der Waals surface area contributed by atoms with Gasteiger partial charge < -0.3 is 20.1 Å². The van der Waals surface area contributed by atoms with Gasteiger partial charge in [-0.1, -0.05) is 13.8 Å². The van der Waals surface area contributed by atoms with Gasteiger partial charge in [-0.25, -0.2) is 4.79 Å². The van der Waals surface area contributed by atoms with Crippen LogP contribution in [-0.2, 0) is 16.0 Å². The van der Waals surface area contributed by atoms with Gasteiger partial charge in [-0.05, 0) is 17.9 Å². The number of carboxylic acids is 1. The number of Topliss-reactive ketones (excluding diaryl/α,β-unsaturated/α-hetero) is 1. The highest BCUT2D eigenvalue weighted by molar-refractivity contribution is 6.02. The van der Waals surface area contributed by atoms with E-state index in [1.165, 1.54) is 13.2 Å². The second-order valence-electron chi connectivity index (χ2n) is 6.99. The lowest BCUT2D eigenvalue weighted by Gasteiger charge is -2.29. The summed E-state index contributed by atoms with van der Waals surface area (Å²) in [6.45, 7) is 4.01. The minimum Gasteiger partial charge on any atom is -0.480 e. The molecule has 1 unspecified atom stereocenters. The van der Waals surface area contributed by atoms with Crippen LogP contribution in [0.15, 0.2) is 10.9 Å². The molecule has 1 heterocycles. The van der Waals surface area contributed by atoms with Crippen molar-refractivity contribution in [3.63, 3.8) is 0 Å². The Morgan fingerprint density at radius 3 is 2.64 bits per heavy atom. The number of carbonyl (C=O) groups excluding carboxylic acids is 2. The number of ketones is 1. The number of amides is 1. The number of rotatable bonds is 6. The lowest BCUT2D eigenvalue weighted by molar-refractivity contribution is -0.139. The van der Waals surface area contributed by atoms with Gasteiger partial charge in [0.15, 0.2) is 5.78 Å². The minimum absolute atomic E-state index is 0.0630. The van der Waals surface area contributed by atoms with Crippen LogP contribution in [-0.4, -0.2) is 47.5 Å². The molecule has 8 nitrogen and oxygen atoms in total. The third-order valence-electron chi connectivity index (χ3n) is 4.18. The molecule has 1 aromatic heterocycles. The molecule has 1 aliphatic carbocycles. The summed E-state index contributed by atoms with van der Waals surface area (Å²) in [5, 5.41) is 11.4. The standard InChI is InChI=1S/C17H22N2O6/c1-17(2)7-12-9(13(20)8-17)6-10(15(22)19-12)14(21)18-11(16(23)24)4-5-25-3/h6,11H,4-5,7-8H2,1-3H3,(H,18,21)(H,19,22)(H,23,24). The zero-order valence-electron chi connectivity index (χ0n) is 14.5. The van der Waals surface area contributed by atoms with Gasteiger partial charge in [0.2, 0.25) is 0 Å². The fraction of sp³-hybridized carbons (Fsp3) is 0.529. The van der Waals surface area contributed by atoms with Crippen molar-refractivity contribution in [2.24, 2.45) is 5.41 Å². The number of ether oxygens (including phenoxy) is 1. The molecule has 1 amide bonds. The number of hydrogen-bond donors (Lipinski definition) is 3. The first kappa shape index (κ1) is 18.9. The van der Waals surface area contributed by atoms with Crippen LogP contribution in [0.5, 0.6) is 0 Å². The Balaban J connectivity index is 2.29. The van der Waals surface area contributed by atoms with Crippen molar-refractivity contribution in [2.75, 3.05) is 13.7 Å². The molecule has 25 heavy (non-hydrogen) atoms. The quantitative estimate of drug-likeness (QED) is 0.695. The Hall–Kier alpha value is -2.48. The van der Waals surface area contributed by atoms with Crippen molar-refractivity contribution in [3.8, 4) is 0 Å². The summed E-state index contributed by atoms with van der Waals surface area (Å²) in [4.78, 5) is 50.6. The largest absolute Gasteiger partial charge is 0.480 e. The third kappa shape index (κ3) is 4.33. The van der Waals surface area contributed by atoms with Crippen LogP contribution in [0.25, 0.3) is 0 Å². The summed E-state index contributed by atoms with van der Waals surface area (Å²) in [5.41, 5.74) is -0.344. The van der Waals surface area contributed by atoms with Crippen molar-refractivity contribution >= 4 is 17.7 Å². The van der Waals surface area contributed by atoms with Crippen molar-refractivity contribution in [3.05, 3.63) is 33.2 Å². The van der Waals surface area contributed by atoms with Crippen LogP contribution in [0, 0.1) is 5.41 Å². The van der Waals surface area contributed by atoms with E-state index < -0.39 is 23.5 Å². The summed E-state index contributed by atoms with van der Waals surface area (Å²) >= 11 is 0. The second kappa shape index (κ2) is 7.18. The number of carboxylic acid groups (broad SMARTS) is 1. The Labute approximate surface area is 144 Å². The maximum absolute atomic E-state index is 12.3. The minimum atomic E-state index is -1.22. The number of aromatic amines is 1. The Bertz CT molecular complexity index is 765. The Morgan fingerprint density at radius 2 is 2.04 bits per heavy atom. The van der Waals surface area contributed by atoms with E-state index in [0.29, 0.717) is 24.1 Å². The van der Waals surface area contributed by atoms with Crippen molar-refractivity contribution in [1.29, 1.82) is 0 Å². The Morgan fingerprint density at radius 1 is 1.36 bits per heavy atom. The van der Waals surface area contributed by atoms with E-state index in [9.17, 15) is 19.2 Å². The maximum Gasteiger partial charge on any atom is 0.326 e. The molecule has 1 atom stereocenters. The number of aromatic nitrogens is 1. The summed E-state index contributed by atoms with van der Waals surface area (Å²) in [7, 11) is 1.42. The molecular formula is C17H22N2O6. The van der Waals surface area contributed by atoms with E-state index in [-0.39, 0.29) is 29.8 Å². The van der Waals surface area contributed by atoms with E-state index in [1.54, 1.807) is 0 Å². The highest BCUT2D eigenvalue weighted by Crippen LogP contribution is 2.33. The van der Waals surface area contributed by atoms with Gasteiger partial charge in [0.1, 0.15) is 11.6 Å². The molecule has 1 aromatic rings. The normalized spacial score (nSPS) is 16.8. The molecule has 0 bridgehead atoms. The number of methoxy groups -OCH3 is 1. The van der Waals surface area contributed by atoms with Gasteiger partial charge in [0.05, 0.1) is 0 Å². The average Bonchev–Trinajstić information content (AvgIpc) is 2.49. The van der Waals surface area contributed by atoms with Gasteiger partial charge in [0.25, 0.3) is 11.5 Å². The van der Waals surface area contributed by atoms with E-state index in [0.717, 1.165) is 0 Å². The zero-order chi connectivity index (χ0) is 18.8. The van der Waals surface area contributed by atoms with E-state index in [1.807, 2.05) is 13.8 Å². The van der Waals surface area contributed by atoms with E-state index in [2.05, 4.69) is 10.3 Å². The fourth-order valence-electron chi connectivity index (χ4n) is 2.93.